The minimum atomic E-state index is -4.52. The van der Waals surface area contributed by atoms with E-state index in [1.807, 2.05) is 27.7 Å². The lowest BCUT2D eigenvalue weighted by Gasteiger charge is -2.32. The minimum absolute atomic E-state index is 0.0394. The van der Waals surface area contributed by atoms with E-state index in [9.17, 15) is 18.0 Å². The lowest BCUT2D eigenvalue weighted by molar-refractivity contribution is -0.137. The SMILES string of the molecule is CC1(C)OB(c2cnn(-c3cc(C(F)(F)F)ccc3C=O)c2)OC1(C)C. The smallest absolute Gasteiger partial charge is 0.399 e. The first-order valence-corrected chi connectivity index (χ1v) is 8.02. The van der Waals surface area contributed by atoms with Crippen LogP contribution in [0.3, 0.4) is 0 Å². The van der Waals surface area contributed by atoms with E-state index in [4.69, 9.17) is 9.31 Å². The second-order valence-corrected chi connectivity index (χ2v) is 7.20. The first-order valence-electron chi connectivity index (χ1n) is 8.02. The predicted octanol–water partition coefficient (Wildman–Crippen LogP) is 3.00. The average molecular weight is 366 g/mol. The second-order valence-electron chi connectivity index (χ2n) is 7.20. The maximum atomic E-state index is 13.0. The maximum absolute atomic E-state index is 13.0. The van der Waals surface area contributed by atoms with Crippen molar-refractivity contribution in [3.63, 3.8) is 0 Å². The number of benzene rings is 1. The van der Waals surface area contributed by atoms with Crippen molar-refractivity contribution in [2.75, 3.05) is 0 Å². The summed E-state index contributed by atoms with van der Waals surface area (Å²) in [4.78, 5) is 11.2. The molecule has 26 heavy (non-hydrogen) atoms. The standard InChI is InChI=1S/C17H18BF3N2O3/c1-15(2)16(3,4)26-18(25-15)13-8-22-23(9-13)14-7-12(17(19,20)21)6-5-11(14)10-24/h5-10H,1-4H3. The molecule has 1 saturated heterocycles. The lowest BCUT2D eigenvalue weighted by Crippen LogP contribution is -2.41. The fourth-order valence-electron chi connectivity index (χ4n) is 2.59. The summed E-state index contributed by atoms with van der Waals surface area (Å²) in [7, 11) is -0.695. The van der Waals surface area contributed by atoms with Crippen LogP contribution in [0.4, 0.5) is 13.2 Å². The van der Waals surface area contributed by atoms with Crippen molar-refractivity contribution in [3.05, 3.63) is 41.7 Å². The van der Waals surface area contributed by atoms with Crippen molar-refractivity contribution >= 4 is 18.9 Å². The van der Waals surface area contributed by atoms with Crippen LogP contribution in [0.1, 0.15) is 43.6 Å². The van der Waals surface area contributed by atoms with Gasteiger partial charge in [-0.15, -0.1) is 0 Å². The molecule has 138 valence electrons. The Morgan fingerprint density at radius 3 is 2.31 bits per heavy atom. The summed E-state index contributed by atoms with van der Waals surface area (Å²) in [5.74, 6) is 0. The zero-order chi connectivity index (χ0) is 19.3. The van der Waals surface area contributed by atoms with Gasteiger partial charge in [0.15, 0.2) is 6.29 Å². The van der Waals surface area contributed by atoms with Gasteiger partial charge in [0.1, 0.15) is 0 Å². The first kappa shape index (κ1) is 18.7. The molecule has 9 heteroatoms. The van der Waals surface area contributed by atoms with Gasteiger partial charge in [0.05, 0.1) is 22.5 Å². The Hall–Kier alpha value is -2.13. The Labute approximate surface area is 149 Å². The summed E-state index contributed by atoms with van der Waals surface area (Å²) >= 11 is 0. The Morgan fingerprint density at radius 1 is 1.15 bits per heavy atom. The van der Waals surface area contributed by atoms with Crippen LogP contribution in [-0.2, 0) is 15.5 Å². The summed E-state index contributed by atoms with van der Waals surface area (Å²) in [5, 5.41) is 4.09. The molecule has 0 atom stereocenters. The Bertz CT molecular complexity index is 830. The highest BCUT2D eigenvalue weighted by molar-refractivity contribution is 6.62. The van der Waals surface area contributed by atoms with Gasteiger partial charge in [-0.1, -0.05) is 0 Å². The molecule has 3 rings (SSSR count). The Kier molecular flexibility index (Phi) is 4.27. The molecule has 0 unspecified atom stereocenters. The third-order valence-corrected chi connectivity index (χ3v) is 4.86. The summed E-state index contributed by atoms with van der Waals surface area (Å²) in [6.07, 6.45) is -1.06. The first-order chi connectivity index (χ1) is 11.9. The zero-order valence-corrected chi connectivity index (χ0v) is 14.8. The van der Waals surface area contributed by atoms with Gasteiger partial charge in [-0.05, 0) is 45.9 Å². The van der Waals surface area contributed by atoms with Gasteiger partial charge in [0.25, 0.3) is 0 Å². The summed E-state index contributed by atoms with van der Waals surface area (Å²) in [5.41, 5.74) is -1.27. The predicted molar refractivity (Wildman–Crippen MR) is 89.7 cm³/mol. The van der Waals surface area contributed by atoms with Crippen molar-refractivity contribution in [2.45, 2.75) is 45.1 Å². The van der Waals surface area contributed by atoms with Gasteiger partial charge < -0.3 is 9.31 Å². The van der Waals surface area contributed by atoms with Crippen LogP contribution in [0.2, 0.25) is 0 Å². The molecule has 0 spiro atoms. The van der Waals surface area contributed by atoms with Gasteiger partial charge in [0, 0.05) is 23.4 Å². The number of aldehydes is 1. The highest BCUT2D eigenvalue weighted by Gasteiger charge is 2.52. The van der Waals surface area contributed by atoms with E-state index in [1.165, 1.54) is 17.1 Å². The fourth-order valence-corrected chi connectivity index (χ4v) is 2.59. The fraction of sp³-hybridized carbons (Fsp3) is 0.412. The molecule has 1 aromatic carbocycles. The highest BCUT2D eigenvalue weighted by atomic mass is 19.4. The van der Waals surface area contributed by atoms with Gasteiger partial charge >= 0.3 is 13.3 Å². The van der Waals surface area contributed by atoms with Crippen LogP contribution < -0.4 is 5.46 Å². The number of nitrogens with zero attached hydrogens (tertiary/aromatic N) is 2. The number of halogens is 3. The summed E-state index contributed by atoms with van der Waals surface area (Å²) in [6, 6.07) is 2.89. The van der Waals surface area contributed by atoms with E-state index in [-0.39, 0.29) is 11.3 Å². The van der Waals surface area contributed by atoms with E-state index in [0.29, 0.717) is 11.7 Å². The van der Waals surface area contributed by atoms with Crippen molar-refractivity contribution in [2.24, 2.45) is 0 Å². The summed E-state index contributed by atoms with van der Waals surface area (Å²) < 4.78 is 52.0. The minimum Gasteiger partial charge on any atom is -0.399 e. The van der Waals surface area contributed by atoms with Gasteiger partial charge in [-0.25, -0.2) is 4.68 Å². The number of alkyl halides is 3. The number of aromatic nitrogens is 2. The van der Waals surface area contributed by atoms with Crippen LogP contribution in [0.5, 0.6) is 0 Å². The molecule has 2 heterocycles. The van der Waals surface area contributed by atoms with E-state index >= 15 is 0 Å². The van der Waals surface area contributed by atoms with E-state index in [2.05, 4.69) is 5.10 Å². The third kappa shape index (κ3) is 3.17. The zero-order valence-electron chi connectivity index (χ0n) is 14.8. The molecule has 0 radical (unpaired) electrons. The highest BCUT2D eigenvalue weighted by Crippen LogP contribution is 2.36. The number of rotatable bonds is 3. The number of hydrogen-bond donors (Lipinski definition) is 0. The topological polar surface area (TPSA) is 53.4 Å². The number of hydrogen-bond acceptors (Lipinski definition) is 4. The van der Waals surface area contributed by atoms with Crippen LogP contribution in [0, 0.1) is 0 Å². The largest absolute Gasteiger partial charge is 0.498 e. The van der Waals surface area contributed by atoms with Gasteiger partial charge in [-0.2, -0.15) is 18.3 Å². The van der Waals surface area contributed by atoms with Crippen molar-refractivity contribution in [3.8, 4) is 5.69 Å². The molecule has 0 N–H and O–H groups in total. The molecule has 1 aromatic heterocycles. The van der Waals surface area contributed by atoms with Gasteiger partial charge in [0.2, 0.25) is 0 Å². The molecule has 0 aliphatic carbocycles. The van der Waals surface area contributed by atoms with Gasteiger partial charge in [-0.3, -0.25) is 4.79 Å². The van der Waals surface area contributed by atoms with Crippen molar-refractivity contribution in [1.29, 1.82) is 0 Å². The van der Waals surface area contributed by atoms with Crippen molar-refractivity contribution in [1.82, 2.24) is 9.78 Å². The number of carbonyl (C=O) groups excluding carboxylic acids is 1. The molecule has 2 aromatic rings. The molecular formula is C17H18BF3N2O3. The number of carbonyl (C=O) groups is 1. The van der Waals surface area contributed by atoms with Crippen LogP contribution in [-0.4, -0.2) is 34.4 Å². The van der Waals surface area contributed by atoms with Crippen LogP contribution in [0.25, 0.3) is 5.69 Å². The molecule has 1 aliphatic heterocycles. The quantitative estimate of drug-likeness (QED) is 0.619. The van der Waals surface area contributed by atoms with Crippen LogP contribution in [0.15, 0.2) is 30.6 Å². The lowest BCUT2D eigenvalue weighted by atomic mass is 9.82. The normalized spacial score (nSPS) is 19.0. The Morgan fingerprint density at radius 2 is 1.77 bits per heavy atom. The third-order valence-electron chi connectivity index (χ3n) is 4.86. The molecule has 0 saturated carbocycles. The average Bonchev–Trinajstić information content (AvgIpc) is 3.09. The molecule has 1 aliphatic rings. The van der Waals surface area contributed by atoms with Crippen molar-refractivity contribution < 1.29 is 27.3 Å². The Balaban J connectivity index is 1.97. The van der Waals surface area contributed by atoms with E-state index in [1.54, 1.807) is 0 Å². The van der Waals surface area contributed by atoms with E-state index < -0.39 is 30.1 Å². The molecule has 0 bridgehead atoms. The molecule has 1 fully saturated rings. The molecule has 0 amide bonds. The van der Waals surface area contributed by atoms with E-state index in [0.717, 1.165) is 18.2 Å². The monoisotopic (exact) mass is 366 g/mol. The molecular weight excluding hydrogens is 348 g/mol. The molecule has 5 nitrogen and oxygen atoms in total. The maximum Gasteiger partial charge on any atom is 0.498 e. The van der Waals surface area contributed by atoms with Crippen LogP contribution >= 0.6 is 0 Å². The summed E-state index contributed by atoms with van der Waals surface area (Å²) in [6.45, 7) is 7.59. The second kappa shape index (κ2) is 5.95.